The summed E-state index contributed by atoms with van der Waals surface area (Å²) in [5, 5.41) is 5.94. The highest BCUT2D eigenvalue weighted by molar-refractivity contribution is 7.99. The molecule has 148 valence electrons. The minimum absolute atomic E-state index is 0.0210. The Bertz CT molecular complexity index is 1230. The first kappa shape index (κ1) is 18.6. The second kappa shape index (κ2) is 7.42. The topological polar surface area (TPSA) is 76.5 Å². The number of rotatable bonds is 4. The number of aromatic nitrogens is 5. The number of aromatic amines is 1. The average molecular weight is 424 g/mol. The molecule has 0 radical (unpaired) electrons. The van der Waals surface area contributed by atoms with Gasteiger partial charge in [0.05, 0.1) is 16.3 Å². The number of H-pyrrole nitrogens is 1. The van der Waals surface area contributed by atoms with E-state index in [0.717, 1.165) is 35.2 Å². The standard InChI is InChI=1S/C21H21N5OS2/c1-12-8-9-15-16(10-12)29-20-17(15)19(27)23-18(24-20)13(2)28-21-22-11-26(25-21)14-6-4-3-5-7-14/h3-7,11-13H,8-10H2,1-2H3,(H,23,24,27). The van der Waals surface area contributed by atoms with E-state index in [4.69, 9.17) is 4.98 Å². The first-order chi connectivity index (χ1) is 14.1. The molecule has 0 aliphatic heterocycles. The lowest BCUT2D eigenvalue weighted by molar-refractivity contribution is 0.509. The zero-order valence-corrected chi connectivity index (χ0v) is 17.9. The van der Waals surface area contributed by atoms with Crippen molar-refractivity contribution in [3.05, 3.63) is 63.3 Å². The average Bonchev–Trinajstić information content (AvgIpc) is 3.32. The molecule has 1 aliphatic rings. The molecule has 1 N–H and O–H groups in total. The Kier molecular flexibility index (Phi) is 4.75. The Morgan fingerprint density at radius 1 is 1.31 bits per heavy atom. The van der Waals surface area contributed by atoms with Gasteiger partial charge >= 0.3 is 0 Å². The zero-order valence-electron chi connectivity index (χ0n) is 16.3. The number of para-hydroxylation sites is 1. The van der Waals surface area contributed by atoms with Crippen molar-refractivity contribution in [1.82, 2.24) is 24.7 Å². The van der Waals surface area contributed by atoms with Gasteiger partial charge in [-0.3, -0.25) is 4.79 Å². The fourth-order valence-corrected chi connectivity index (χ4v) is 5.95. The number of hydrogen-bond donors (Lipinski definition) is 1. The van der Waals surface area contributed by atoms with E-state index in [9.17, 15) is 4.79 Å². The number of aryl methyl sites for hydroxylation is 1. The molecular formula is C21H21N5OS2. The highest BCUT2D eigenvalue weighted by Crippen LogP contribution is 2.37. The van der Waals surface area contributed by atoms with Crippen LogP contribution < -0.4 is 5.56 Å². The van der Waals surface area contributed by atoms with E-state index in [0.29, 0.717) is 16.9 Å². The van der Waals surface area contributed by atoms with E-state index >= 15 is 0 Å². The fourth-order valence-electron chi connectivity index (χ4n) is 3.78. The molecular weight excluding hydrogens is 402 g/mol. The maximum absolute atomic E-state index is 12.8. The van der Waals surface area contributed by atoms with E-state index in [-0.39, 0.29) is 10.8 Å². The summed E-state index contributed by atoms with van der Waals surface area (Å²) in [7, 11) is 0. The van der Waals surface area contributed by atoms with E-state index in [2.05, 4.69) is 22.0 Å². The van der Waals surface area contributed by atoms with Crippen molar-refractivity contribution in [2.45, 2.75) is 43.5 Å². The van der Waals surface area contributed by atoms with Crippen LogP contribution in [0, 0.1) is 5.92 Å². The molecule has 0 spiro atoms. The van der Waals surface area contributed by atoms with Crippen LogP contribution in [-0.4, -0.2) is 24.7 Å². The summed E-state index contributed by atoms with van der Waals surface area (Å²) in [6.45, 7) is 4.30. The largest absolute Gasteiger partial charge is 0.309 e. The van der Waals surface area contributed by atoms with Gasteiger partial charge in [0.2, 0.25) is 5.16 Å². The Morgan fingerprint density at radius 3 is 2.97 bits per heavy atom. The smallest absolute Gasteiger partial charge is 0.259 e. The molecule has 0 bridgehead atoms. The molecule has 2 atom stereocenters. The molecule has 6 nitrogen and oxygen atoms in total. The number of hydrogen-bond acceptors (Lipinski definition) is 6. The maximum Gasteiger partial charge on any atom is 0.259 e. The summed E-state index contributed by atoms with van der Waals surface area (Å²) in [5.74, 6) is 1.35. The second-order valence-electron chi connectivity index (χ2n) is 7.55. The van der Waals surface area contributed by atoms with Gasteiger partial charge in [-0.1, -0.05) is 36.9 Å². The zero-order chi connectivity index (χ0) is 20.0. The molecule has 5 rings (SSSR count). The van der Waals surface area contributed by atoms with Crippen LogP contribution in [0.1, 0.15) is 41.8 Å². The predicted molar refractivity (Wildman–Crippen MR) is 117 cm³/mol. The number of fused-ring (bicyclic) bond motifs is 3. The minimum Gasteiger partial charge on any atom is -0.309 e. The molecule has 0 fully saturated rings. The summed E-state index contributed by atoms with van der Waals surface area (Å²) >= 11 is 3.17. The minimum atomic E-state index is -0.0585. The highest BCUT2D eigenvalue weighted by Gasteiger charge is 2.24. The number of nitrogens with one attached hydrogen (secondary N) is 1. The number of nitrogens with zero attached hydrogens (tertiary/aromatic N) is 4. The molecule has 1 aromatic carbocycles. The van der Waals surface area contributed by atoms with Crippen LogP contribution in [0.2, 0.25) is 0 Å². The summed E-state index contributed by atoms with van der Waals surface area (Å²) in [4.78, 5) is 27.2. The molecule has 4 aromatic rings. The van der Waals surface area contributed by atoms with Gasteiger partial charge < -0.3 is 4.98 Å². The van der Waals surface area contributed by atoms with Crippen molar-refractivity contribution >= 4 is 33.3 Å². The number of benzene rings is 1. The lowest BCUT2D eigenvalue weighted by Gasteiger charge is -2.17. The van der Waals surface area contributed by atoms with Crippen LogP contribution in [0.25, 0.3) is 15.9 Å². The molecule has 29 heavy (non-hydrogen) atoms. The van der Waals surface area contributed by atoms with Gasteiger partial charge in [0, 0.05) is 4.88 Å². The van der Waals surface area contributed by atoms with Crippen LogP contribution in [0.4, 0.5) is 0 Å². The van der Waals surface area contributed by atoms with Crippen molar-refractivity contribution < 1.29 is 0 Å². The normalized spacial score (nSPS) is 17.4. The first-order valence-corrected chi connectivity index (χ1v) is 11.5. The Balaban J connectivity index is 1.42. The number of thiophene rings is 1. The van der Waals surface area contributed by atoms with Gasteiger partial charge in [-0.2, -0.15) is 0 Å². The first-order valence-electron chi connectivity index (χ1n) is 9.76. The van der Waals surface area contributed by atoms with E-state index in [1.165, 1.54) is 22.2 Å². The van der Waals surface area contributed by atoms with Gasteiger partial charge in [-0.15, -0.1) is 16.4 Å². The Morgan fingerprint density at radius 2 is 2.14 bits per heavy atom. The monoisotopic (exact) mass is 423 g/mol. The van der Waals surface area contributed by atoms with Gasteiger partial charge in [-0.05, 0) is 49.8 Å². The fraction of sp³-hybridized carbons (Fsp3) is 0.333. The molecule has 0 saturated carbocycles. The quantitative estimate of drug-likeness (QED) is 0.488. The van der Waals surface area contributed by atoms with Gasteiger partial charge in [0.15, 0.2) is 0 Å². The van der Waals surface area contributed by atoms with Crippen LogP contribution in [-0.2, 0) is 12.8 Å². The van der Waals surface area contributed by atoms with Crippen LogP contribution in [0.15, 0.2) is 46.6 Å². The third-order valence-corrected chi connectivity index (χ3v) is 7.47. The Hall–Kier alpha value is -2.45. The van der Waals surface area contributed by atoms with Crippen molar-refractivity contribution in [2.24, 2.45) is 5.92 Å². The molecule has 2 unspecified atom stereocenters. The van der Waals surface area contributed by atoms with Crippen molar-refractivity contribution in [1.29, 1.82) is 0 Å². The predicted octanol–water partition coefficient (Wildman–Crippen LogP) is 4.54. The third kappa shape index (κ3) is 3.51. The van der Waals surface area contributed by atoms with Crippen LogP contribution in [0.5, 0.6) is 0 Å². The van der Waals surface area contributed by atoms with Crippen LogP contribution >= 0.6 is 23.1 Å². The number of thioether (sulfide) groups is 1. The van der Waals surface area contributed by atoms with E-state index in [1.54, 1.807) is 22.3 Å². The van der Waals surface area contributed by atoms with Crippen molar-refractivity contribution in [3.63, 3.8) is 0 Å². The maximum atomic E-state index is 12.8. The Labute approximate surface area is 176 Å². The summed E-state index contributed by atoms with van der Waals surface area (Å²) in [6, 6.07) is 9.88. The SMILES string of the molecule is CC1CCc2c(sc3nc(C(C)Sc4ncn(-c5ccccc5)n4)[nH]c(=O)c23)C1. The highest BCUT2D eigenvalue weighted by atomic mass is 32.2. The van der Waals surface area contributed by atoms with Crippen molar-refractivity contribution in [3.8, 4) is 5.69 Å². The molecule has 0 saturated heterocycles. The molecule has 0 amide bonds. The van der Waals surface area contributed by atoms with E-state index in [1.807, 2.05) is 37.3 Å². The van der Waals surface area contributed by atoms with Crippen LogP contribution in [0.3, 0.4) is 0 Å². The van der Waals surface area contributed by atoms with Gasteiger partial charge in [-0.25, -0.2) is 14.6 Å². The van der Waals surface area contributed by atoms with E-state index < -0.39 is 0 Å². The molecule has 1 aliphatic carbocycles. The summed E-state index contributed by atoms with van der Waals surface area (Å²) < 4.78 is 1.75. The lowest BCUT2D eigenvalue weighted by atomic mass is 9.89. The lowest BCUT2D eigenvalue weighted by Crippen LogP contribution is -2.15. The van der Waals surface area contributed by atoms with Crippen molar-refractivity contribution in [2.75, 3.05) is 0 Å². The van der Waals surface area contributed by atoms with Gasteiger partial charge in [0.25, 0.3) is 5.56 Å². The molecule has 8 heteroatoms. The third-order valence-electron chi connectivity index (χ3n) is 5.34. The van der Waals surface area contributed by atoms with Gasteiger partial charge in [0.1, 0.15) is 17.0 Å². The summed E-state index contributed by atoms with van der Waals surface area (Å²) in [5.41, 5.74) is 2.16. The molecule has 3 aromatic heterocycles. The second-order valence-corrected chi connectivity index (χ2v) is 9.94. The molecule has 3 heterocycles. The summed E-state index contributed by atoms with van der Waals surface area (Å²) in [6.07, 6.45) is 4.88.